The molecular formula is C22H25N5O2. The molecule has 0 N–H and O–H groups in total. The molecule has 0 aromatic carbocycles. The van der Waals surface area contributed by atoms with Crippen molar-refractivity contribution in [1.82, 2.24) is 24.8 Å². The van der Waals surface area contributed by atoms with E-state index >= 15 is 0 Å². The van der Waals surface area contributed by atoms with Gasteiger partial charge in [0.05, 0.1) is 11.7 Å². The summed E-state index contributed by atoms with van der Waals surface area (Å²) in [5, 5.41) is 0. The van der Waals surface area contributed by atoms with E-state index in [1.807, 2.05) is 17.0 Å². The zero-order chi connectivity index (χ0) is 20.2. The predicted octanol–water partition coefficient (Wildman–Crippen LogP) is 2.54. The lowest BCUT2D eigenvalue weighted by Gasteiger charge is -2.49. The van der Waals surface area contributed by atoms with Crippen LogP contribution < -0.4 is 0 Å². The molecule has 7 heteroatoms. The second-order valence-corrected chi connectivity index (χ2v) is 8.75. The monoisotopic (exact) mass is 391 g/mol. The van der Waals surface area contributed by atoms with Gasteiger partial charge in [-0.15, -0.1) is 0 Å². The molecule has 2 saturated heterocycles. The van der Waals surface area contributed by atoms with E-state index in [9.17, 15) is 9.59 Å². The van der Waals surface area contributed by atoms with Crippen LogP contribution in [0.25, 0.3) is 11.3 Å². The number of pyridine rings is 1. The maximum atomic E-state index is 13.5. The summed E-state index contributed by atoms with van der Waals surface area (Å²) in [4.78, 5) is 42.7. The number of hydrogen-bond donors (Lipinski definition) is 0. The minimum absolute atomic E-state index is 0.0343. The molecule has 1 aliphatic carbocycles. The Hall–Kier alpha value is -2.83. The lowest BCUT2D eigenvalue weighted by Crippen LogP contribution is -2.57. The maximum absolute atomic E-state index is 13.5. The van der Waals surface area contributed by atoms with E-state index < -0.39 is 0 Å². The van der Waals surface area contributed by atoms with E-state index in [0.29, 0.717) is 17.9 Å². The number of nitrogens with zero attached hydrogens (tertiary/aromatic N) is 5. The number of aromatic nitrogens is 3. The molecule has 2 bridgehead atoms. The van der Waals surface area contributed by atoms with Gasteiger partial charge in [0.2, 0.25) is 5.91 Å². The summed E-state index contributed by atoms with van der Waals surface area (Å²) in [6, 6.07) is 5.99. The van der Waals surface area contributed by atoms with Crippen LogP contribution in [-0.2, 0) is 4.79 Å². The van der Waals surface area contributed by atoms with Crippen LogP contribution in [0.5, 0.6) is 0 Å². The number of carbonyl (C=O) groups excluding carboxylic acids is 2. The van der Waals surface area contributed by atoms with Crippen LogP contribution in [0.1, 0.15) is 50.0 Å². The second kappa shape index (κ2) is 6.61. The van der Waals surface area contributed by atoms with E-state index in [2.05, 4.69) is 26.8 Å². The fraction of sp³-hybridized carbons (Fsp3) is 0.500. The normalized spacial score (nSPS) is 30.3. The summed E-state index contributed by atoms with van der Waals surface area (Å²) in [6.45, 7) is 4.52. The van der Waals surface area contributed by atoms with Crippen LogP contribution in [0.2, 0.25) is 0 Å². The average Bonchev–Trinajstić information content (AvgIpc) is 3.04. The Morgan fingerprint density at radius 3 is 2.66 bits per heavy atom. The van der Waals surface area contributed by atoms with Crippen molar-refractivity contribution in [3.8, 4) is 11.3 Å². The molecular weight excluding hydrogens is 366 g/mol. The van der Waals surface area contributed by atoms with Crippen molar-refractivity contribution in [2.45, 2.75) is 57.7 Å². The van der Waals surface area contributed by atoms with Crippen LogP contribution in [0.15, 0.2) is 36.9 Å². The highest BCUT2D eigenvalue weighted by Gasteiger charge is 2.61. The Bertz CT molecular complexity index is 965. The molecule has 2 amide bonds. The number of rotatable bonds is 2. The summed E-state index contributed by atoms with van der Waals surface area (Å²) in [6.07, 6.45) is 8.92. The van der Waals surface area contributed by atoms with Crippen LogP contribution in [0, 0.1) is 5.41 Å². The largest absolute Gasteiger partial charge is 0.335 e. The Morgan fingerprint density at radius 1 is 1.14 bits per heavy atom. The Kier molecular flexibility index (Phi) is 4.15. The summed E-state index contributed by atoms with van der Waals surface area (Å²) in [7, 11) is 0. The third-order valence-corrected chi connectivity index (χ3v) is 7.11. The third kappa shape index (κ3) is 2.74. The van der Waals surface area contributed by atoms with E-state index in [0.717, 1.165) is 31.2 Å². The number of hydrogen-bond acceptors (Lipinski definition) is 5. The zero-order valence-corrected chi connectivity index (χ0v) is 16.8. The first-order valence-electron chi connectivity index (χ1n) is 10.3. The first kappa shape index (κ1) is 18.2. The highest BCUT2D eigenvalue weighted by Crippen LogP contribution is 2.54. The van der Waals surface area contributed by atoms with Crippen molar-refractivity contribution < 1.29 is 9.59 Å². The fourth-order valence-electron chi connectivity index (χ4n) is 5.99. The Labute approximate surface area is 170 Å². The van der Waals surface area contributed by atoms with Gasteiger partial charge in [0.15, 0.2) is 0 Å². The molecule has 2 aromatic heterocycles. The van der Waals surface area contributed by atoms with Gasteiger partial charge in [-0.05, 0) is 37.8 Å². The van der Waals surface area contributed by atoms with Gasteiger partial charge in [-0.3, -0.25) is 9.59 Å². The second-order valence-electron chi connectivity index (χ2n) is 8.75. The Balaban J connectivity index is 1.49. The van der Waals surface area contributed by atoms with Crippen LogP contribution in [0.4, 0.5) is 0 Å². The number of amides is 2. The minimum Gasteiger partial charge on any atom is -0.335 e. The number of likely N-dealkylation sites (tertiary alicyclic amines) is 2. The maximum Gasteiger partial charge on any atom is 0.272 e. The molecule has 0 unspecified atom stereocenters. The first-order valence-corrected chi connectivity index (χ1v) is 10.3. The zero-order valence-electron chi connectivity index (χ0n) is 16.8. The standard InChI is InChI=1S/C22H25N5O2/c1-14(28)27-16-9-22(2)19(7-4-8-20(22)27)26(12-16)21(29)18-6-3-5-17(25-18)15-10-23-13-24-11-15/h3,5-6,10-11,13,16,19-20H,4,7-9,12H2,1-2H3/t16-,19+,20-,22+/m0/s1. The molecule has 0 spiro atoms. The smallest absolute Gasteiger partial charge is 0.272 e. The molecule has 4 heterocycles. The SMILES string of the molecule is CC(=O)N1[C@@H]2CN(C(=O)c3cccc(-c4cncnc4)n3)[C@@H]3CCC[C@H]1[C@]3(C)C2. The summed E-state index contributed by atoms with van der Waals surface area (Å²) in [5.74, 6) is 0.0820. The van der Waals surface area contributed by atoms with Crippen molar-refractivity contribution in [3.63, 3.8) is 0 Å². The van der Waals surface area contributed by atoms with Gasteiger partial charge in [0, 0.05) is 48.9 Å². The molecule has 3 aliphatic rings. The molecule has 29 heavy (non-hydrogen) atoms. The molecule has 4 atom stereocenters. The van der Waals surface area contributed by atoms with Crippen molar-refractivity contribution in [2.75, 3.05) is 6.54 Å². The molecule has 7 nitrogen and oxygen atoms in total. The quantitative estimate of drug-likeness (QED) is 0.786. The minimum atomic E-state index is -0.0457. The average molecular weight is 391 g/mol. The van der Waals surface area contributed by atoms with Crippen molar-refractivity contribution >= 4 is 11.8 Å². The number of carbonyl (C=O) groups is 2. The topological polar surface area (TPSA) is 79.3 Å². The highest BCUT2D eigenvalue weighted by atomic mass is 16.2. The summed E-state index contributed by atoms with van der Waals surface area (Å²) < 4.78 is 0. The Morgan fingerprint density at radius 2 is 1.90 bits per heavy atom. The van der Waals surface area contributed by atoms with E-state index in [-0.39, 0.29) is 35.4 Å². The lowest BCUT2D eigenvalue weighted by atomic mass is 9.65. The number of fused-ring (bicyclic) bond motifs is 1. The van der Waals surface area contributed by atoms with E-state index in [1.165, 1.54) is 6.33 Å². The van der Waals surface area contributed by atoms with Crippen molar-refractivity contribution in [1.29, 1.82) is 0 Å². The van der Waals surface area contributed by atoms with Gasteiger partial charge < -0.3 is 9.80 Å². The van der Waals surface area contributed by atoms with E-state index in [1.54, 1.807) is 25.4 Å². The summed E-state index contributed by atoms with van der Waals surface area (Å²) >= 11 is 0. The van der Waals surface area contributed by atoms with Gasteiger partial charge >= 0.3 is 0 Å². The van der Waals surface area contributed by atoms with E-state index in [4.69, 9.17) is 0 Å². The lowest BCUT2D eigenvalue weighted by molar-refractivity contribution is -0.132. The molecule has 3 fully saturated rings. The number of piperidine rings is 1. The summed E-state index contributed by atoms with van der Waals surface area (Å²) in [5.41, 5.74) is 1.88. The van der Waals surface area contributed by atoms with Crippen LogP contribution >= 0.6 is 0 Å². The molecule has 1 saturated carbocycles. The fourth-order valence-corrected chi connectivity index (χ4v) is 5.99. The van der Waals surface area contributed by atoms with Gasteiger partial charge in [0.25, 0.3) is 5.91 Å². The van der Waals surface area contributed by atoms with Crippen molar-refractivity contribution in [3.05, 3.63) is 42.6 Å². The first-order chi connectivity index (χ1) is 14.0. The molecule has 2 aliphatic heterocycles. The van der Waals surface area contributed by atoms with Gasteiger partial charge in [0.1, 0.15) is 12.0 Å². The van der Waals surface area contributed by atoms with Crippen LogP contribution in [0.3, 0.4) is 0 Å². The van der Waals surface area contributed by atoms with Gasteiger partial charge in [-0.25, -0.2) is 15.0 Å². The van der Waals surface area contributed by atoms with Crippen LogP contribution in [-0.4, -0.2) is 61.2 Å². The molecule has 150 valence electrons. The predicted molar refractivity (Wildman–Crippen MR) is 107 cm³/mol. The van der Waals surface area contributed by atoms with Gasteiger partial charge in [-0.2, -0.15) is 0 Å². The molecule has 2 aromatic rings. The molecule has 5 rings (SSSR count). The van der Waals surface area contributed by atoms with Gasteiger partial charge in [-0.1, -0.05) is 13.0 Å². The van der Waals surface area contributed by atoms with Crippen molar-refractivity contribution in [2.24, 2.45) is 5.41 Å². The third-order valence-electron chi connectivity index (χ3n) is 7.11. The molecule has 0 radical (unpaired) electrons. The highest BCUT2D eigenvalue weighted by molar-refractivity contribution is 5.93.